The number of carboxylic acids is 2. The molecule has 6 aromatic rings. The molecule has 0 aliphatic carbocycles. The van der Waals surface area contributed by atoms with Gasteiger partial charge in [-0.15, -0.1) is 0 Å². The fraction of sp³-hybridized carbons (Fsp3) is 0.277. The molecule has 5 amide bonds. The van der Waals surface area contributed by atoms with Gasteiger partial charge in [0.15, 0.2) is 10.7 Å². The highest BCUT2D eigenvalue weighted by Crippen LogP contribution is 2.41. The molecule has 4 heterocycles. The fourth-order valence-electron chi connectivity index (χ4n) is 6.37. The number of aryl methyl sites for hydroxylation is 1. The minimum absolute atomic E-state index is 0.0913. The van der Waals surface area contributed by atoms with Crippen LogP contribution in [0, 0.1) is 5.82 Å². The summed E-state index contributed by atoms with van der Waals surface area (Å²) in [5.41, 5.74) is -2.69. The Morgan fingerprint density at radius 1 is 0.763 bits per heavy atom. The molecule has 0 saturated carbocycles. The summed E-state index contributed by atoms with van der Waals surface area (Å²) in [6, 6.07) is 7.99. The van der Waals surface area contributed by atoms with Gasteiger partial charge in [0.1, 0.15) is 16.4 Å². The minimum Gasteiger partial charge on any atom is -0.481 e. The lowest BCUT2D eigenvalue weighted by Gasteiger charge is -2.14. The first kappa shape index (κ1) is 78.0. The summed E-state index contributed by atoms with van der Waals surface area (Å²) in [6.07, 6.45) is -4.55. The Bertz CT molecular complexity index is 3940. The number of nitrogens with zero attached hydrogens (tertiary/aromatic N) is 8. The molecule has 0 saturated heterocycles. The Kier molecular flexibility index (Phi) is 28.5. The van der Waals surface area contributed by atoms with E-state index in [9.17, 15) is 85.3 Å². The number of carboxylic acid groups (broad SMARTS) is 2. The van der Waals surface area contributed by atoms with Gasteiger partial charge in [-0.25, -0.2) is 46.4 Å². The van der Waals surface area contributed by atoms with E-state index in [1.165, 1.54) is 74.5 Å². The molecular weight excluding hydrogens is 1430 g/mol. The van der Waals surface area contributed by atoms with Gasteiger partial charge in [0.25, 0.3) is 26.0 Å². The number of carbonyl (C=O) groups is 6. The van der Waals surface area contributed by atoms with Crippen LogP contribution < -0.4 is 44.3 Å². The van der Waals surface area contributed by atoms with Crippen LogP contribution in [-0.4, -0.2) is 173 Å². The molecule has 0 aliphatic heterocycles. The predicted octanol–water partition coefficient (Wildman–Crippen LogP) is 6.01. The topological polar surface area (TPSA) is 460 Å². The Labute approximate surface area is 531 Å². The highest BCUT2D eigenvalue weighted by Gasteiger charge is 2.39. The zero-order valence-corrected chi connectivity index (χ0v) is 52.8. The summed E-state index contributed by atoms with van der Waals surface area (Å²) in [5.74, 6) is -7.99. The molecule has 93 heavy (non-hydrogen) atoms. The number of anilines is 2. The van der Waals surface area contributed by atoms with Gasteiger partial charge in [0.05, 0.1) is 71.5 Å². The van der Waals surface area contributed by atoms with E-state index in [1.807, 2.05) is 0 Å². The maximum absolute atomic E-state index is 14.3. The van der Waals surface area contributed by atoms with Crippen LogP contribution in [0.3, 0.4) is 0 Å². The van der Waals surface area contributed by atoms with Crippen LogP contribution >= 0.6 is 35.1 Å². The molecule has 0 atom stereocenters. The smallest absolute Gasteiger partial charge is 0.434 e. The summed E-state index contributed by atoms with van der Waals surface area (Å²) < 4.78 is 188. The second-order valence-electron chi connectivity index (χ2n) is 17.4. The molecule has 508 valence electrons. The molecule has 9 N–H and O–H groups in total. The van der Waals surface area contributed by atoms with E-state index in [0.717, 1.165) is 31.3 Å². The number of esters is 1. The number of carbonyl (C=O) groups excluding carboxylic acids is 4. The van der Waals surface area contributed by atoms with Crippen LogP contribution in [-0.2, 0) is 47.4 Å². The average molecular weight is 1480 g/mol. The second-order valence-corrected chi connectivity index (χ2v) is 23.5. The van der Waals surface area contributed by atoms with Crippen molar-refractivity contribution in [1.82, 2.24) is 54.4 Å². The van der Waals surface area contributed by atoms with Crippen molar-refractivity contribution in [2.24, 2.45) is 7.05 Å². The van der Waals surface area contributed by atoms with Crippen LogP contribution in [0.5, 0.6) is 23.5 Å². The van der Waals surface area contributed by atoms with Crippen molar-refractivity contribution in [2.75, 3.05) is 51.8 Å². The molecule has 6 rings (SSSR count). The van der Waals surface area contributed by atoms with Crippen LogP contribution in [0.25, 0.3) is 11.3 Å². The number of halogens is 10. The molecule has 33 nitrogen and oxygen atoms in total. The van der Waals surface area contributed by atoms with Gasteiger partial charge in [-0.2, -0.15) is 64.2 Å². The molecule has 0 fully saturated rings. The Morgan fingerprint density at radius 3 is 1.71 bits per heavy atom. The lowest BCUT2D eigenvalue weighted by molar-refractivity contribution is -0.144. The largest absolute Gasteiger partial charge is 0.481 e. The number of alkyl halides is 7. The van der Waals surface area contributed by atoms with Crippen LogP contribution in [0.2, 0.25) is 5.02 Å². The third-order valence-corrected chi connectivity index (χ3v) is 14.3. The molecule has 0 unspecified atom stereocenters. The molecule has 46 heteroatoms. The number of urea groups is 2. The van der Waals surface area contributed by atoms with Crippen LogP contribution in [0.15, 0.2) is 81.3 Å². The van der Waals surface area contributed by atoms with Crippen molar-refractivity contribution in [2.45, 2.75) is 49.3 Å². The normalized spacial score (nSPS) is 11.3. The first-order valence-electron chi connectivity index (χ1n) is 24.4. The maximum atomic E-state index is 14.3. The minimum atomic E-state index is -4.71. The van der Waals surface area contributed by atoms with Gasteiger partial charge in [-0.3, -0.25) is 34.8 Å². The number of sulfonamides is 2. The zero-order chi connectivity index (χ0) is 70.7. The van der Waals surface area contributed by atoms with Crippen molar-refractivity contribution in [3.63, 3.8) is 0 Å². The van der Waals surface area contributed by atoms with Crippen molar-refractivity contribution < 1.29 is 129 Å². The summed E-state index contributed by atoms with van der Waals surface area (Å²) in [6.45, 7) is -4.03. The standard InChI is InChI=1S/C15H12BrClF4N2O2.C15H18N6O6S.C14H10F4N4O7S.C3H8NO5P/c1-6(2)25-14(24)7-4-8(10(18)5-9(7)17)12-11(16)13(15(19,20)21)23(3)22-12;1-21(2)13(22)9-6-5-7-16-12(9)28(24,25)20-15(23)19-14-17-10(26-3)8-11(18-14)27-4;15-11(16)28-8-5-9(29-12(17)18)20-13(19-8)21-14(25)22-30(26,27)7-4-2-1-3-6(7)10(23)24;5-3(6)1-4-2-10(7,8)9/h4-6H,1-3H3;5-8H,1-4H3,(H2,17,18,19,20,23);1-5,11-12H,(H,23,24)(H2,19,20,21,22,25);4H,1-2H2,(H,5,6)(H2,7,8,9). The van der Waals surface area contributed by atoms with Crippen LogP contribution in [0.1, 0.15) is 50.6 Å². The van der Waals surface area contributed by atoms with Gasteiger partial charge in [0.2, 0.25) is 35.4 Å². The monoisotopic (exact) mass is 1480 g/mol. The molecule has 0 bridgehead atoms. The lowest BCUT2D eigenvalue weighted by atomic mass is 10.1. The predicted molar refractivity (Wildman–Crippen MR) is 304 cm³/mol. The van der Waals surface area contributed by atoms with Gasteiger partial charge >= 0.3 is 57.0 Å². The highest BCUT2D eigenvalue weighted by molar-refractivity contribution is 9.10. The number of hydrogen-bond donors (Lipinski definition) is 9. The SMILES string of the molecule is CC(C)OC(=O)c1cc(-c2nn(C)c(C(F)(F)F)c2Br)c(F)cc1Cl.COc1cc(OC)nc(NC(=O)NS(=O)(=O)c2ncccc2C(=O)N(C)C)n1.O=C(Nc1nc(OC(F)F)cc(OC(F)F)n1)NS(=O)(=O)c1ccccc1C(=O)O.O=C(O)CNCP(=O)(O)O. The quantitative estimate of drug-likeness (QED) is 0.0226. The fourth-order valence-corrected chi connectivity index (χ4v) is 9.92. The molecule has 0 spiro atoms. The molecule has 2 aromatic carbocycles. The number of rotatable bonds is 21. The molecule has 4 aromatic heterocycles. The average Bonchev–Trinajstić information content (AvgIpc) is 1.70. The van der Waals surface area contributed by atoms with Gasteiger partial charge in [-0.1, -0.05) is 23.7 Å². The molecular formula is C47H48BrClF8N13O20PS2. The number of pyridine rings is 1. The van der Waals surface area contributed by atoms with E-state index < -0.39 is 151 Å². The summed E-state index contributed by atoms with van der Waals surface area (Å²) in [4.78, 5) is 104. The number of aromatic carboxylic acids is 1. The van der Waals surface area contributed by atoms with E-state index in [4.69, 9.17) is 45.8 Å². The van der Waals surface area contributed by atoms with Gasteiger partial charge < -0.3 is 48.6 Å². The lowest BCUT2D eigenvalue weighted by Crippen LogP contribution is -2.36. The maximum Gasteiger partial charge on any atom is 0.434 e. The molecule has 0 radical (unpaired) electrons. The third kappa shape index (κ3) is 24.7. The van der Waals surface area contributed by atoms with Crippen molar-refractivity contribution >= 4 is 103 Å². The summed E-state index contributed by atoms with van der Waals surface area (Å²) >= 11 is 8.67. The Morgan fingerprint density at radius 2 is 1.26 bits per heavy atom. The summed E-state index contributed by atoms with van der Waals surface area (Å²) in [5, 5.41) is 25.9. The highest BCUT2D eigenvalue weighted by atomic mass is 79.9. The van der Waals surface area contributed by atoms with Crippen LogP contribution in [0.4, 0.5) is 56.6 Å². The van der Waals surface area contributed by atoms with Gasteiger partial charge in [0, 0.05) is 32.9 Å². The first-order chi connectivity index (χ1) is 43.0. The van der Waals surface area contributed by atoms with Crippen molar-refractivity contribution in [3.8, 4) is 34.8 Å². The number of nitrogens with one attached hydrogen (secondary N) is 5. The van der Waals surface area contributed by atoms with E-state index >= 15 is 0 Å². The van der Waals surface area contributed by atoms with E-state index in [-0.39, 0.29) is 45.1 Å². The van der Waals surface area contributed by atoms with E-state index in [2.05, 4.69) is 66.1 Å². The molecule has 0 aliphatic rings. The first-order valence-corrected chi connectivity index (χ1v) is 30.3. The Balaban J connectivity index is 0.000000339. The van der Waals surface area contributed by atoms with Gasteiger partial charge in [-0.05, 0) is 66.2 Å². The number of ether oxygens (including phenoxy) is 5. The van der Waals surface area contributed by atoms with E-state index in [0.29, 0.717) is 10.7 Å². The number of amides is 5. The third-order valence-electron chi connectivity index (χ3n) is 9.90. The second kappa shape index (κ2) is 33.9. The number of methoxy groups -OCH3 is 2. The number of aliphatic carboxylic acids is 1. The van der Waals surface area contributed by atoms with Crippen molar-refractivity contribution in [3.05, 3.63) is 105 Å². The number of benzene rings is 2. The Hall–Kier alpha value is -9.20. The van der Waals surface area contributed by atoms with Crippen molar-refractivity contribution in [1.29, 1.82) is 0 Å². The zero-order valence-electron chi connectivity index (χ0n) is 47.9. The van der Waals surface area contributed by atoms with E-state index in [1.54, 1.807) is 23.9 Å². The summed E-state index contributed by atoms with van der Waals surface area (Å²) in [7, 11) is -6.58. The number of hydrogen-bond acceptors (Lipinski definition) is 23. The number of aromatic nitrogens is 7.